The second-order valence-corrected chi connectivity index (χ2v) is 6.70. The van der Waals surface area contributed by atoms with Crippen LogP contribution in [0.25, 0.3) is 0 Å². The van der Waals surface area contributed by atoms with Crippen LogP contribution in [0.2, 0.25) is 5.02 Å². The Morgan fingerprint density at radius 2 is 1.79 bits per heavy atom. The van der Waals surface area contributed by atoms with E-state index in [1.165, 1.54) is 51.4 Å². The first-order valence-corrected chi connectivity index (χ1v) is 7.80. The number of halogens is 1. The third kappa shape index (κ3) is 2.84. The summed E-state index contributed by atoms with van der Waals surface area (Å²) in [7, 11) is 0. The van der Waals surface area contributed by atoms with Gasteiger partial charge >= 0.3 is 0 Å². The van der Waals surface area contributed by atoms with Crippen LogP contribution in [-0.4, -0.2) is 11.1 Å². The van der Waals surface area contributed by atoms with Gasteiger partial charge in [0.2, 0.25) is 0 Å². The number of anilines is 1. The number of hydrogen-bond donors (Lipinski definition) is 2. The van der Waals surface area contributed by atoms with Crippen LogP contribution >= 0.6 is 11.6 Å². The van der Waals surface area contributed by atoms with Crippen LogP contribution < -0.4 is 5.32 Å². The van der Waals surface area contributed by atoms with Crippen LogP contribution in [-0.2, 0) is 0 Å². The van der Waals surface area contributed by atoms with E-state index in [0.717, 1.165) is 5.69 Å². The molecule has 0 amide bonds. The number of phenolic OH excluding ortho intramolecular Hbond substituents is 1. The number of nitrogens with one attached hydrogen (secondary N) is 1. The molecule has 0 unspecified atom stereocenters. The Kier molecular flexibility index (Phi) is 3.62. The summed E-state index contributed by atoms with van der Waals surface area (Å²) in [6, 6.07) is 5.94. The highest BCUT2D eigenvalue weighted by Gasteiger charge is 2.37. The first kappa shape index (κ1) is 13.1. The number of phenols is 1. The molecule has 2 saturated carbocycles. The van der Waals surface area contributed by atoms with Crippen molar-refractivity contribution in [1.82, 2.24) is 0 Å². The Labute approximate surface area is 120 Å². The third-order valence-corrected chi connectivity index (χ3v) is 5.33. The lowest BCUT2D eigenvalue weighted by atomic mass is 9.71. The average molecular weight is 280 g/mol. The van der Waals surface area contributed by atoms with Crippen molar-refractivity contribution >= 4 is 17.3 Å². The molecule has 1 aromatic carbocycles. The maximum Gasteiger partial charge on any atom is 0.134 e. The molecule has 0 bridgehead atoms. The number of rotatable bonds is 2. The van der Waals surface area contributed by atoms with Crippen molar-refractivity contribution in [3.63, 3.8) is 0 Å². The van der Waals surface area contributed by atoms with Gasteiger partial charge in [-0.1, -0.05) is 24.4 Å². The second kappa shape index (κ2) is 5.24. The summed E-state index contributed by atoms with van der Waals surface area (Å²) in [4.78, 5) is 0. The number of hydrogen-bond acceptors (Lipinski definition) is 2. The molecule has 1 aromatic rings. The fourth-order valence-electron chi connectivity index (χ4n) is 3.83. The Morgan fingerprint density at radius 3 is 2.42 bits per heavy atom. The summed E-state index contributed by atoms with van der Waals surface area (Å²) in [5.41, 5.74) is 1.71. The van der Waals surface area contributed by atoms with E-state index in [2.05, 4.69) is 5.32 Å². The summed E-state index contributed by atoms with van der Waals surface area (Å²) in [5, 5.41) is 13.4. The van der Waals surface area contributed by atoms with E-state index in [1.807, 2.05) is 12.1 Å². The molecule has 0 aliphatic heterocycles. The minimum absolute atomic E-state index is 0.153. The smallest absolute Gasteiger partial charge is 0.134 e. The number of benzene rings is 1. The number of aromatic hydroxyl groups is 1. The van der Waals surface area contributed by atoms with Crippen molar-refractivity contribution in [2.45, 2.75) is 57.4 Å². The zero-order chi connectivity index (χ0) is 13.3. The highest BCUT2D eigenvalue weighted by molar-refractivity contribution is 6.32. The molecule has 2 aliphatic rings. The van der Waals surface area contributed by atoms with Gasteiger partial charge in [-0.2, -0.15) is 0 Å². The third-order valence-electron chi connectivity index (χ3n) is 5.03. The first-order valence-electron chi connectivity index (χ1n) is 7.42. The fourth-order valence-corrected chi connectivity index (χ4v) is 4.01. The molecule has 2 N–H and O–H groups in total. The van der Waals surface area contributed by atoms with Gasteiger partial charge in [-0.25, -0.2) is 0 Å². The highest BCUT2D eigenvalue weighted by Crippen LogP contribution is 2.49. The SMILES string of the molecule is Oc1ccc(NC2CCC3(CCCC3)CC2)cc1Cl. The topological polar surface area (TPSA) is 32.3 Å². The van der Waals surface area contributed by atoms with Crippen molar-refractivity contribution < 1.29 is 5.11 Å². The largest absolute Gasteiger partial charge is 0.506 e. The summed E-state index contributed by atoms with van der Waals surface area (Å²) in [6.07, 6.45) is 11.0. The van der Waals surface area contributed by atoms with Gasteiger partial charge in [0.15, 0.2) is 0 Å². The zero-order valence-electron chi connectivity index (χ0n) is 11.3. The van der Waals surface area contributed by atoms with Crippen molar-refractivity contribution in [2.75, 3.05) is 5.32 Å². The lowest BCUT2D eigenvalue weighted by Crippen LogP contribution is -2.31. The van der Waals surface area contributed by atoms with E-state index in [9.17, 15) is 5.11 Å². The van der Waals surface area contributed by atoms with Gasteiger partial charge < -0.3 is 10.4 Å². The quantitative estimate of drug-likeness (QED) is 0.750. The van der Waals surface area contributed by atoms with E-state index in [-0.39, 0.29) is 5.75 Å². The van der Waals surface area contributed by atoms with Gasteiger partial charge in [-0.15, -0.1) is 0 Å². The van der Waals surface area contributed by atoms with E-state index in [4.69, 9.17) is 11.6 Å². The minimum atomic E-state index is 0.153. The van der Waals surface area contributed by atoms with Gasteiger partial charge in [-0.05, 0) is 62.1 Å². The average Bonchev–Trinajstić information content (AvgIpc) is 2.86. The van der Waals surface area contributed by atoms with Gasteiger partial charge in [0, 0.05) is 11.7 Å². The lowest BCUT2D eigenvalue weighted by Gasteiger charge is -2.37. The summed E-state index contributed by atoms with van der Waals surface area (Å²) < 4.78 is 0. The monoisotopic (exact) mass is 279 g/mol. The fraction of sp³-hybridized carbons (Fsp3) is 0.625. The molecule has 0 aromatic heterocycles. The van der Waals surface area contributed by atoms with E-state index < -0.39 is 0 Å². The second-order valence-electron chi connectivity index (χ2n) is 6.29. The van der Waals surface area contributed by atoms with Crippen LogP contribution in [0.1, 0.15) is 51.4 Å². The molecule has 0 heterocycles. The van der Waals surface area contributed by atoms with Crippen LogP contribution in [0, 0.1) is 5.41 Å². The molecule has 19 heavy (non-hydrogen) atoms. The molecule has 3 heteroatoms. The molecule has 2 aliphatic carbocycles. The van der Waals surface area contributed by atoms with E-state index in [0.29, 0.717) is 16.5 Å². The van der Waals surface area contributed by atoms with Crippen molar-refractivity contribution in [1.29, 1.82) is 0 Å². The van der Waals surface area contributed by atoms with Gasteiger partial charge in [0.05, 0.1) is 5.02 Å². The van der Waals surface area contributed by atoms with Crippen LogP contribution in [0.15, 0.2) is 18.2 Å². The van der Waals surface area contributed by atoms with Crippen LogP contribution in [0.5, 0.6) is 5.75 Å². The first-order chi connectivity index (χ1) is 9.17. The zero-order valence-corrected chi connectivity index (χ0v) is 12.0. The van der Waals surface area contributed by atoms with Crippen molar-refractivity contribution in [2.24, 2.45) is 5.41 Å². The highest BCUT2D eigenvalue weighted by atomic mass is 35.5. The van der Waals surface area contributed by atoms with E-state index in [1.54, 1.807) is 6.07 Å². The molecular formula is C16H22ClNO. The lowest BCUT2D eigenvalue weighted by molar-refractivity contribution is 0.188. The Hall–Kier alpha value is -0.890. The summed E-state index contributed by atoms with van der Waals surface area (Å²) in [6.45, 7) is 0. The molecule has 104 valence electrons. The molecule has 0 saturated heterocycles. The van der Waals surface area contributed by atoms with Crippen molar-refractivity contribution in [3.05, 3.63) is 23.2 Å². The predicted octanol–water partition coefficient (Wildman–Crippen LogP) is 4.96. The molecule has 0 atom stereocenters. The van der Waals surface area contributed by atoms with Crippen LogP contribution in [0.3, 0.4) is 0 Å². The summed E-state index contributed by atoms with van der Waals surface area (Å²) in [5.74, 6) is 0.153. The maximum atomic E-state index is 9.43. The van der Waals surface area contributed by atoms with Crippen molar-refractivity contribution in [3.8, 4) is 5.75 Å². The molecule has 1 spiro atoms. The Morgan fingerprint density at radius 1 is 1.11 bits per heavy atom. The molecule has 2 fully saturated rings. The Bertz CT molecular complexity index is 444. The molecule has 2 nitrogen and oxygen atoms in total. The standard InChI is InChI=1S/C16H22ClNO/c17-14-11-13(3-4-15(14)19)18-12-5-9-16(10-6-12)7-1-2-8-16/h3-4,11-12,18-19H,1-2,5-10H2. The van der Waals surface area contributed by atoms with Crippen LogP contribution in [0.4, 0.5) is 5.69 Å². The van der Waals surface area contributed by atoms with Gasteiger partial charge in [0.1, 0.15) is 5.75 Å². The molecule has 3 rings (SSSR count). The molecular weight excluding hydrogens is 258 g/mol. The van der Waals surface area contributed by atoms with Gasteiger partial charge in [0.25, 0.3) is 0 Å². The van der Waals surface area contributed by atoms with E-state index >= 15 is 0 Å². The maximum absolute atomic E-state index is 9.43. The Balaban J connectivity index is 1.58. The minimum Gasteiger partial charge on any atom is -0.506 e. The van der Waals surface area contributed by atoms with Gasteiger partial charge in [-0.3, -0.25) is 0 Å². The normalized spacial score (nSPS) is 22.8. The predicted molar refractivity (Wildman–Crippen MR) is 79.9 cm³/mol. The summed E-state index contributed by atoms with van der Waals surface area (Å²) >= 11 is 5.94. The molecule has 0 radical (unpaired) electrons.